The van der Waals surface area contributed by atoms with Crippen LogP contribution in [0.25, 0.3) is 22.2 Å². The van der Waals surface area contributed by atoms with Crippen LogP contribution >= 0.6 is 0 Å². The standard InChI is InChI=1S/C45H43FN6O7S/c46-45(18-22-58-23-19-45)28-49-39-16-14-35(26-41(39)52(54)55)60(56,57)50-44(53)38-15-11-31(25-42(38)59-34-24-32-17-20-47-43(32)48-27-34)29-9-12-33(13-10-29)51-21-3-6-40(51)37-5-2-1-4-36(37)30-7-8-30/h1-2,4-5,9-17,20,24-27,30,40,49H,3,6-8,18-19,21-23,28H2,(H,47,48)(H,50,53)/t40-/m1/s1. The van der Waals surface area contributed by atoms with Gasteiger partial charge in [0.15, 0.2) is 0 Å². The second-order valence-corrected chi connectivity index (χ2v) is 17.4. The van der Waals surface area contributed by atoms with Crippen LogP contribution in [0.4, 0.5) is 21.5 Å². The minimum atomic E-state index is -4.64. The number of nitrogens with zero attached hydrogens (tertiary/aromatic N) is 3. The lowest BCUT2D eigenvalue weighted by Crippen LogP contribution is -2.38. The molecule has 0 unspecified atom stereocenters. The lowest BCUT2D eigenvalue weighted by molar-refractivity contribution is -0.384. The zero-order valence-corrected chi connectivity index (χ0v) is 33.4. The van der Waals surface area contributed by atoms with E-state index in [0.29, 0.717) is 23.4 Å². The number of aromatic amines is 1. The van der Waals surface area contributed by atoms with Crippen molar-refractivity contribution in [2.75, 3.05) is 36.5 Å². The van der Waals surface area contributed by atoms with Gasteiger partial charge >= 0.3 is 0 Å². The average molecular weight is 831 g/mol. The Morgan fingerprint density at radius 3 is 2.50 bits per heavy atom. The summed E-state index contributed by atoms with van der Waals surface area (Å²) in [5, 5.41) is 15.6. The Kier molecular flexibility index (Phi) is 10.5. The number of H-pyrrole nitrogens is 1. The molecular formula is C45H43FN6O7S. The van der Waals surface area contributed by atoms with E-state index in [1.165, 1.54) is 42.3 Å². The lowest BCUT2D eigenvalue weighted by atomic mass is 9.95. The molecule has 1 saturated carbocycles. The molecule has 3 aliphatic rings. The summed E-state index contributed by atoms with van der Waals surface area (Å²) in [7, 11) is -4.64. The van der Waals surface area contributed by atoms with Crippen molar-refractivity contribution in [3.63, 3.8) is 0 Å². The number of nitro groups is 1. The van der Waals surface area contributed by atoms with Crippen LogP contribution in [-0.4, -0.2) is 61.2 Å². The highest BCUT2D eigenvalue weighted by atomic mass is 32.2. The van der Waals surface area contributed by atoms with Gasteiger partial charge in [-0.1, -0.05) is 42.5 Å². The van der Waals surface area contributed by atoms with Gasteiger partial charge in [-0.2, -0.15) is 0 Å². The van der Waals surface area contributed by atoms with Crippen molar-refractivity contribution in [1.82, 2.24) is 14.7 Å². The van der Waals surface area contributed by atoms with Crippen LogP contribution in [0.15, 0.2) is 114 Å². The molecule has 1 amide bonds. The van der Waals surface area contributed by atoms with Crippen molar-refractivity contribution in [2.45, 2.75) is 61.0 Å². The molecule has 0 bridgehead atoms. The number of nitrogens with one attached hydrogen (secondary N) is 3. The molecule has 13 nitrogen and oxygen atoms in total. The Hall–Kier alpha value is -6.32. The predicted octanol–water partition coefficient (Wildman–Crippen LogP) is 9.20. The number of rotatable bonds is 13. The third kappa shape index (κ3) is 8.14. The fraction of sp³-hybridized carbons (Fsp3) is 0.289. The number of nitro benzene ring substituents is 1. The van der Waals surface area contributed by atoms with Crippen LogP contribution in [0.5, 0.6) is 11.5 Å². The number of benzene rings is 4. The highest BCUT2D eigenvalue weighted by Crippen LogP contribution is 2.46. The largest absolute Gasteiger partial charge is 0.455 e. The number of fused-ring (bicyclic) bond motifs is 1. The molecule has 4 heterocycles. The molecule has 1 atom stereocenters. The van der Waals surface area contributed by atoms with Crippen molar-refractivity contribution in [3.05, 3.63) is 136 Å². The summed E-state index contributed by atoms with van der Waals surface area (Å²) < 4.78 is 56.0. The number of hydrogen-bond acceptors (Lipinski definition) is 10. The highest BCUT2D eigenvalue weighted by Gasteiger charge is 2.35. The Labute approximate surface area is 346 Å². The summed E-state index contributed by atoms with van der Waals surface area (Å²) in [6.45, 7) is 1.20. The minimum Gasteiger partial charge on any atom is -0.455 e. The van der Waals surface area contributed by atoms with Gasteiger partial charge in [0.1, 0.15) is 28.5 Å². The first-order valence-electron chi connectivity index (χ1n) is 20.1. The number of carbonyl (C=O) groups excluding carboxylic acids is 1. The molecule has 0 radical (unpaired) electrons. The third-order valence-corrected chi connectivity index (χ3v) is 13.0. The molecule has 1 aliphatic carbocycles. The van der Waals surface area contributed by atoms with Crippen molar-refractivity contribution in [2.24, 2.45) is 0 Å². The van der Waals surface area contributed by atoms with Gasteiger partial charge in [-0.05, 0) is 102 Å². The second kappa shape index (κ2) is 16.0. The number of carbonyl (C=O) groups is 1. The Bertz CT molecular complexity index is 2700. The Morgan fingerprint density at radius 2 is 1.73 bits per heavy atom. The molecule has 308 valence electrons. The number of anilines is 2. The molecule has 0 spiro atoms. The summed E-state index contributed by atoms with van der Waals surface area (Å²) in [6.07, 6.45) is 8.16. The molecule has 6 aromatic rings. The van der Waals surface area contributed by atoms with Gasteiger partial charge in [0.2, 0.25) is 0 Å². The van der Waals surface area contributed by atoms with E-state index in [-0.39, 0.29) is 49.6 Å². The molecule has 9 rings (SSSR count). The van der Waals surface area contributed by atoms with Gasteiger partial charge in [0.05, 0.1) is 27.6 Å². The fourth-order valence-electron chi connectivity index (χ4n) is 8.28. The molecule has 3 N–H and O–H groups in total. The van der Waals surface area contributed by atoms with E-state index in [4.69, 9.17) is 9.47 Å². The van der Waals surface area contributed by atoms with E-state index in [9.17, 15) is 23.3 Å². The fourth-order valence-corrected chi connectivity index (χ4v) is 9.27. The maximum atomic E-state index is 15.2. The normalized spacial score (nSPS) is 17.7. The minimum absolute atomic E-state index is 0.0553. The van der Waals surface area contributed by atoms with Crippen LogP contribution in [0.2, 0.25) is 0 Å². The first-order valence-corrected chi connectivity index (χ1v) is 21.6. The summed E-state index contributed by atoms with van der Waals surface area (Å²) in [5.74, 6) is 0.0188. The number of sulfonamides is 1. The molecule has 3 fully saturated rings. The maximum absolute atomic E-state index is 15.2. The van der Waals surface area contributed by atoms with Crippen LogP contribution in [0.1, 0.15) is 72.0 Å². The van der Waals surface area contributed by atoms with E-state index in [1.54, 1.807) is 24.4 Å². The summed E-state index contributed by atoms with van der Waals surface area (Å²) in [4.78, 5) is 34.5. The maximum Gasteiger partial charge on any atom is 0.293 e. The number of amides is 1. The van der Waals surface area contributed by atoms with Crippen molar-refractivity contribution in [1.29, 1.82) is 0 Å². The van der Waals surface area contributed by atoms with Gasteiger partial charge in [0.25, 0.3) is 21.6 Å². The summed E-state index contributed by atoms with van der Waals surface area (Å²) in [6, 6.07) is 29.0. The van der Waals surface area contributed by atoms with Crippen LogP contribution in [0.3, 0.4) is 0 Å². The van der Waals surface area contributed by atoms with Crippen LogP contribution < -0.4 is 19.7 Å². The monoisotopic (exact) mass is 830 g/mol. The number of hydrogen-bond donors (Lipinski definition) is 3. The van der Waals surface area contributed by atoms with Gasteiger partial charge in [0, 0.05) is 62.5 Å². The van der Waals surface area contributed by atoms with E-state index in [1.807, 2.05) is 18.2 Å². The first kappa shape index (κ1) is 39.2. The van der Waals surface area contributed by atoms with Crippen LogP contribution in [0, 0.1) is 10.1 Å². The average Bonchev–Trinajstić information content (AvgIpc) is 3.79. The van der Waals surface area contributed by atoms with E-state index < -0.39 is 37.1 Å². The third-order valence-electron chi connectivity index (χ3n) is 11.7. The molecular weight excluding hydrogens is 788 g/mol. The van der Waals surface area contributed by atoms with Crippen molar-refractivity contribution >= 4 is 44.0 Å². The molecule has 2 saturated heterocycles. The van der Waals surface area contributed by atoms with Gasteiger partial charge in [-0.3, -0.25) is 14.9 Å². The predicted molar refractivity (Wildman–Crippen MR) is 226 cm³/mol. The zero-order chi connectivity index (χ0) is 41.4. The Morgan fingerprint density at radius 1 is 0.967 bits per heavy atom. The zero-order valence-electron chi connectivity index (χ0n) is 32.6. The quantitative estimate of drug-likeness (QED) is 0.0754. The molecule has 60 heavy (non-hydrogen) atoms. The molecule has 4 aromatic carbocycles. The number of aromatic nitrogens is 2. The molecule has 2 aliphatic heterocycles. The van der Waals surface area contributed by atoms with E-state index in [2.05, 4.69) is 61.3 Å². The molecule has 2 aromatic heterocycles. The highest BCUT2D eigenvalue weighted by molar-refractivity contribution is 7.90. The van der Waals surface area contributed by atoms with Crippen molar-refractivity contribution < 1.29 is 32.0 Å². The number of alkyl halides is 1. The number of pyridine rings is 1. The molecule has 15 heteroatoms. The number of halogens is 1. The van der Waals surface area contributed by atoms with E-state index in [0.717, 1.165) is 53.7 Å². The Balaban J connectivity index is 0.981. The summed E-state index contributed by atoms with van der Waals surface area (Å²) >= 11 is 0. The van der Waals surface area contributed by atoms with Gasteiger partial charge in [-0.25, -0.2) is 22.5 Å². The number of ether oxygens (including phenoxy) is 2. The first-order chi connectivity index (χ1) is 29.0. The van der Waals surface area contributed by atoms with Gasteiger partial charge in [-0.15, -0.1) is 0 Å². The smallest absolute Gasteiger partial charge is 0.293 e. The van der Waals surface area contributed by atoms with E-state index >= 15 is 4.39 Å². The SMILES string of the molecule is O=C(NS(=O)(=O)c1ccc(NCC2(F)CCOCC2)c([N+](=O)[O-])c1)c1ccc(-c2ccc(N3CCC[C@@H]3c3ccccc3C3CC3)cc2)cc1Oc1cnc2[nH]ccc2c1. The van der Waals surface area contributed by atoms with Gasteiger partial charge < -0.3 is 24.7 Å². The van der Waals surface area contributed by atoms with Crippen LogP contribution in [-0.2, 0) is 14.8 Å². The topological polar surface area (TPSA) is 169 Å². The summed E-state index contributed by atoms with van der Waals surface area (Å²) in [5.41, 5.74) is 3.84. The lowest BCUT2D eigenvalue weighted by Gasteiger charge is -2.29. The van der Waals surface area contributed by atoms with Crippen molar-refractivity contribution in [3.8, 4) is 22.6 Å². The second-order valence-electron chi connectivity index (χ2n) is 15.7.